The molecule has 1 N–H and O–H groups in total. The fourth-order valence-corrected chi connectivity index (χ4v) is 4.37. The molecule has 8 heteroatoms. The molecule has 0 atom stereocenters. The van der Waals surface area contributed by atoms with Crippen LogP contribution in [0.1, 0.15) is 5.56 Å². The number of sulfonamides is 1. The van der Waals surface area contributed by atoms with E-state index in [2.05, 4.69) is 15.3 Å². The Bertz CT molecular complexity index is 820. The lowest BCUT2D eigenvalue weighted by Crippen LogP contribution is -2.56. The van der Waals surface area contributed by atoms with Gasteiger partial charge in [-0.15, -0.1) is 0 Å². The molecule has 1 aromatic heterocycles. The van der Waals surface area contributed by atoms with Gasteiger partial charge in [-0.05, 0) is 29.8 Å². The minimum Gasteiger partial charge on any atom is -0.493 e. The van der Waals surface area contributed by atoms with Crippen LogP contribution in [0.2, 0.25) is 0 Å². The number of fused-ring (bicyclic) bond motifs is 1. The number of rotatable bonds is 4. The molecule has 0 unspecified atom stereocenters. The van der Waals surface area contributed by atoms with Crippen molar-refractivity contribution < 1.29 is 13.2 Å². The quantitative estimate of drug-likeness (QED) is 0.895. The Kier molecular flexibility index (Phi) is 3.42. The van der Waals surface area contributed by atoms with Gasteiger partial charge in [0.15, 0.2) is 0 Å². The van der Waals surface area contributed by atoms with Crippen LogP contribution in [0.25, 0.3) is 0 Å². The van der Waals surface area contributed by atoms with Crippen LogP contribution in [0, 0.1) is 0 Å². The van der Waals surface area contributed by atoms with Crippen LogP contribution in [0.3, 0.4) is 0 Å². The van der Waals surface area contributed by atoms with E-state index in [1.165, 1.54) is 10.6 Å². The summed E-state index contributed by atoms with van der Waals surface area (Å²) < 4.78 is 32.2. The maximum absolute atomic E-state index is 12.6. The highest BCUT2D eigenvalue weighted by molar-refractivity contribution is 7.89. The summed E-state index contributed by atoms with van der Waals surface area (Å²) in [6.45, 7) is 1.48. The molecule has 0 saturated carbocycles. The van der Waals surface area contributed by atoms with Crippen molar-refractivity contribution in [2.45, 2.75) is 17.4 Å². The normalized spacial score (nSPS) is 18.1. The second-order valence-corrected chi connectivity index (χ2v) is 7.56. The fourth-order valence-electron chi connectivity index (χ4n) is 2.78. The van der Waals surface area contributed by atoms with Crippen LogP contribution in [0.15, 0.2) is 41.7 Å². The molecule has 2 aliphatic heterocycles. The molecule has 0 aliphatic carbocycles. The van der Waals surface area contributed by atoms with Crippen molar-refractivity contribution in [3.8, 4) is 5.75 Å². The van der Waals surface area contributed by atoms with E-state index in [-0.39, 0.29) is 6.04 Å². The summed E-state index contributed by atoms with van der Waals surface area (Å²) in [5.74, 6) is 1.49. The molecule has 2 aliphatic rings. The minimum absolute atomic E-state index is 0.0671. The van der Waals surface area contributed by atoms with Crippen LogP contribution in [0.5, 0.6) is 5.75 Å². The van der Waals surface area contributed by atoms with E-state index in [0.717, 1.165) is 17.7 Å². The first-order valence-electron chi connectivity index (χ1n) is 7.41. The van der Waals surface area contributed by atoms with Crippen molar-refractivity contribution in [1.82, 2.24) is 14.3 Å². The number of hydrogen-bond donors (Lipinski definition) is 1. The van der Waals surface area contributed by atoms with E-state index in [1.54, 1.807) is 30.5 Å². The van der Waals surface area contributed by atoms with Crippen LogP contribution in [0.4, 0.5) is 5.82 Å². The molecule has 2 aromatic rings. The molecule has 3 heterocycles. The van der Waals surface area contributed by atoms with E-state index in [4.69, 9.17) is 4.74 Å². The molecule has 0 spiro atoms. The van der Waals surface area contributed by atoms with Crippen molar-refractivity contribution >= 4 is 15.8 Å². The Balaban J connectivity index is 1.45. The highest BCUT2D eigenvalue weighted by Gasteiger charge is 2.37. The molecule has 4 rings (SSSR count). The van der Waals surface area contributed by atoms with E-state index >= 15 is 0 Å². The number of benzene rings is 1. The first kappa shape index (κ1) is 14.4. The van der Waals surface area contributed by atoms with Crippen LogP contribution >= 0.6 is 0 Å². The Labute approximate surface area is 134 Å². The maximum Gasteiger partial charge on any atom is 0.243 e. The number of ether oxygens (including phenoxy) is 1. The zero-order chi connectivity index (χ0) is 15.9. The number of anilines is 1. The SMILES string of the molecule is O=S(=O)(c1ccc2c(c1)CCO2)N1CC(Nc2ccncn2)C1. The molecular formula is C15H16N4O3S. The van der Waals surface area contributed by atoms with Crippen molar-refractivity contribution in [1.29, 1.82) is 0 Å². The molecule has 1 aromatic carbocycles. The summed E-state index contributed by atoms with van der Waals surface area (Å²) in [6, 6.07) is 6.91. The van der Waals surface area contributed by atoms with Gasteiger partial charge in [-0.3, -0.25) is 0 Å². The number of aromatic nitrogens is 2. The summed E-state index contributed by atoms with van der Waals surface area (Å²) in [5.41, 5.74) is 0.960. The summed E-state index contributed by atoms with van der Waals surface area (Å²) >= 11 is 0. The zero-order valence-corrected chi connectivity index (χ0v) is 13.2. The van der Waals surface area contributed by atoms with Gasteiger partial charge in [-0.25, -0.2) is 18.4 Å². The van der Waals surface area contributed by atoms with Gasteiger partial charge in [0.25, 0.3) is 0 Å². The third kappa shape index (κ3) is 2.64. The van der Waals surface area contributed by atoms with Gasteiger partial charge in [-0.2, -0.15) is 4.31 Å². The van der Waals surface area contributed by atoms with Gasteiger partial charge >= 0.3 is 0 Å². The van der Waals surface area contributed by atoms with Crippen LogP contribution in [-0.4, -0.2) is 48.4 Å². The highest BCUT2D eigenvalue weighted by atomic mass is 32.2. The molecular weight excluding hydrogens is 316 g/mol. The third-order valence-electron chi connectivity index (χ3n) is 4.08. The summed E-state index contributed by atoms with van der Waals surface area (Å²) in [5, 5.41) is 3.20. The molecule has 1 fully saturated rings. The van der Waals surface area contributed by atoms with Crippen molar-refractivity contribution in [3.05, 3.63) is 42.4 Å². The van der Waals surface area contributed by atoms with Crippen LogP contribution < -0.4 is 10.1 Å². The monoisotopic (exact) mass is 332 g/mol. The number of nitrogens with zero attached hydrogens (tertiary/aromatic N) is 3. The Morgan fingerprint density at radius 2 is 2.13 bits per heavy atom. The lowest BCUT2D eigenvalue weighted by atomic mass is 10.2. The summed E-state index contributed by atoms with van der Waals surface area (Å²) in [4.78, 5) is 8.27. The molecule has 7 nitrogen and oxygen atoms in total. The Morgan fingerprint density at radius 3 is 2.91 bits per heavy atom. The largest absolute Gasteiger partial charge is 0.493 e. The van der Waals surface area contributed by atoms with Gasteiger partial charge in [0.2, 0.25) is 10.0 Å². The summed E-state index contributed by atoms with van der Waals surface area (Å²) in [7, 11) is -3.44. The Morgan fingerprint density at radius 1 is 1.26 bits per heavy atom. The molecule has 120 valence electrons. The van der Waals surface area contributed by atoms with Crippen molar-refractivity contribution in [2.75, 3.05) is 25.0 Å². The molecule has 0 amide bonds. The standard InChI is InChI=1S/C15H16N4O3S/c20-23(21,13-1-2-14-11(7-13)4-6-22-14)19-8-12(9-19)18-15-3-5-16-10-17-15/h1-3,5,7,10,12H,4,6,8-9H2,(H,16,17,18). The predicted molar refractivity (Wildman–Crippen MR) is 83.8 cm³/mol. The molecule has 23 heavy (non-hydrogen) atoms. The first-order valence-corrected chi connectivity index (χ1v) is 8.85. The smallest absolute Gasteiger partial charge is 0.243 e. The molecule has 0 bridgehead atoms. The number of hydrogen-bond acceptors (Lipinski definition) is 6. The average molecular weight is 332 g/mol. The van der Waals surface area contributed by atoms with Crippen molar-refractivity contribution in [2.24, 2.45) is 0 Å². The maximum atomic E-state index is 12.6. The first-order chi connectivity index (χ1) is 11.1. The van der Waals surface area contributed by atoms with Gasteiger partial charge in [0, 0.05) is 25.7 Å². The fraction of sp³-hybridized carbons (Fsp3) is 0.333. The lowest BCUT2D eigenvalue weighted by Gasteiger charge is -2.38. The third-order valence-corrected chi connectivity index (χ3v) is 5.91. The van der Waals surface area contributed by atoms with E-state index in [9.17, 15) is 8.42 Å². The van der Waals surface area contributed by atoms with Gasteiger partial charge in [0.1, 0.15) is 17.9 Å². The van der Waals surface area contributed by atoms with Crippen LogP contribution in [-0.2, 0) is 16.4 Å². The van der Waals surface area contributed by atoms with Crippen molar-refractivity contribution in [3.63, 3.8) is 0 Å². The minimum atomic E-state index is -3.44. The second-order valence-electron chi connectivity index (χ2n) is 5.63. The van der Waals surface area contributed by atoms with Gasteiger partial charge < -0.3 is 10.1 Å². The summed E-state index contributed by atoms with van der Waals surface area (Å²) in [6.07, 6.45) is 3.87. The Hall–Kier alpha value is -2.19. The van der Waals surface area contributed by atoms with Gasteiger partial charge in [0.05, 0.1) is 17.5 Å². The highest BCUT2D eigenvalue weighted by Crippen LogP contribution is 2.30. The second kappa shape index (κ2) is 5.47. The van der Waals surface area contributed by atoms with E-state index < -0.39 is 10.0 Å². The van der Waals surface area contributed by atoms with Gasteiger partial charge in [-0.1, -0.05) is 0 Å². The lowest BCUT2D eigenvalue weighted by molar-refractivity contribution is 0.280. The zero-order valence-electron chi connectivity index (χ0n) is 12.3. The number of nitrogens with one attached hydrogen (secondary N) is 1. The molecule has 1 saturated heterocycles. The van der Waals surface area contributed by atoms with E-state index in [1.807, 2.05) is 0 Å². The topological polar surface area (TPSA) is 84.4 Å². The predicted octanol–water partition coefficient (Wildman–Crippen LogP) is 0.897. The van der Waals surface area contributed by atoms with E-state index in [0.29, 0.717) is 30.4 Å². The average Bonchev–Trinajstić information content (AvgIpc) is 2.99. The molecule has 0 radical (unpaired) electrons.